The van der Waals surface area contributed by atoms with Gasteiger partial charge in [-0.25, -0.2) is 4.57 Å². The van der Waals surface area contributed by atoms with Gasteiger partial charge in [-0.15, -0.1) is 0 Å². The van der Waals surface area contributed by atoms with E-state index in [1.807, 2.05) is 0 Å². The molecule has 0 aliphatic rings. The monoisotopic (exact) mass is 237 g/mol. The molecule has 0 bridgehead atoms. The Balaban J connectivity index is -0.0000000267. The van der Waals surface area contributed by atoms with Crippen molar-refractivity contribution in [1.82, 2.24) is 0 Å². The predicted octanol–water partition coefficient (Wildman–Crippen LogP) is -1.58. The molecule has 8 heteroatoms. The number of rotatable bonds is 0. The Morgan fingerprint density at radius 2 is 1.12 bits per heavy atom. The normalized spacial score (nSPS) is 7.38. The molecule has 51 valence electrons. The second kappa shape index (κ2) is 9.14. The van der Waals surface area contributed by atoms with E-state index < -0.39 is 7.82 Å². The van der Waals surface area contributed by atoms with E-state index in [1.54, 1.807) is 0 Å². The van der Waals surface area contributed by atoms with Gasteiger partial charge < -0.3 is 14.7 Å². The zero-order valence-electron chi connectivity index (χ0n) is 2.88. The molecule has 0 spiro atoms. The summed E-state index contributed by atoms with van der Waals surface area (Å²) in [4.78, 5) is 21.6. The quantitative estimate of drug-likeness (QED) is 0.351. The third-order valence-corrected chi connectivity index (χ3v) is 0. The van der Waals surface area contributed by atoms with Gasteiger partial charge >= 0.3 is 37.4 Å². The fourth-order valence-electron chi connectivity index (χ4n) is 0. The van der Waals surface area contributed by atoms with E-state index in [0.29, 0.717) is 0 Å². The van der Waals surface area contributed by atoms with Crippen LogP contribution in [0.1, 0.15) is 0 Å². The molecule has 0 heterocycles. The van der Waals surface area contributed by atoms with Crippen molar-refractivity contribution in [2.24, 2.45) is 0 Å². The van der Waals surface area contributed by atoms with Gasteiger partial charge in [-0.2, -0.15) is 0 Å². The third-order valence-electron chi connectivity index (χ3n) is 0. The molecule has 8 heavy (non-hydrogen) atoms. The first-order valence-electron chi connectivity index (χ1n) is 0.783. The van der Waals surface area contributed by atoms with E-state index in [1.165, 1.54) is 0 Å². The summed E-state index contributed by atoms with van der Waals surface area (Å²) in [5, 5.41) is 0. The summed E-state index contributed by atoms with van der Waals surface area (Å²) in [6, 6.07) is 0. The van der Waals surface area contributed by atoms with Crippen LogP contribution in [0.15, 0.2) is 0 Å². The molecule has 0 aliphatic heterocycles. The van der Waals surface area contributed by atoms with Gasteiger partial charge in [0.2, 0.25) is 0 Å². The SMILES string of the molecule is O=P(O)(O)O.[Co].[Fe].[NaH]. The predicted molar refractivity (Wildman–Crippen MR) is 21.4 cm³/mol. The molecule has 1 radical (unpaired) electrons. The van der Waals surface area contributed by atoms with Crippen LogP contribution >= 0.6 is 7.82 Å². The van der Waals surface area contributed by atoms with Gasteiger partial charge in [0.05, 0.1) is 0 Å². The second-order valence-electron chi connectivity index (χ2n) is 0.513. The first-order valence-corrected chi connectivity index (χ1v) is 2.35. The molecule has 0 fully saturated rings. The van der Waals surface area contributed by atoms with Gasteiger partial charge in [-0.1, -0.05) is 0 Å². The van der Waals surface area contributed by atoms with Crippen LogP contribution in [0.3, 0.4) is 0 Å². The van der Waals surface area contributed by atoms with Crippen LogP contribution in [-0.4, -0.2) is 44.2 Å². The van der Waals surface area contributed by atoms with E-state index in [0.717, 1.165) is 0 Å². The van der Waals surface area contributed by atoms with Crippen molar-refractivity contribution in [2.75, 3.05) is 0 Å². The van der Waals surface area contributed by atoms with Crippen molar-refractivity contribution in [2.45, 2.75) is 0 Å². The molecule has 0 aliphatic carbocycles. The Hall–Kier alpha value is 2.14. The van der Waals surface area contributed by atoms with E-state index in [2.05, 4.69) is 0 Å². The molecular weight excluding hydrogens is 233 g/mol. The molecule has 0 saturated heterocycles. The fraction of sp³-hybridized carbons (Fsp3) is 0. The van der Waals surface area contributed by atoms with Gasteiger partial charge in [-0.05, 0) is 0 Å². The molecule has 0 aromatic heterocycles. The van der Waals surface area contributed by atoms with Crippen molar-refractivity contribution in [3.8, 4) is 0 Å². The summed E-state index contributed by atoms with van der Waals surface area (Å²) in [7, 11) is -4.64. The van der Waals surface area contributed by atoms with E-state index in [9.17, 15) is 0 Å². The van der Waals surface area contributed by atoms with E-state index >= 15 is 0 Å². The minimum atomic E-state index is -4.64. The molecular formula is H4CoFeNaO4P. The standard InChI is InChI=1S/Co.Fe.Na.H3O4P.H/c;;;1-5(2,3)4;/h;;;(H3,1,2,3,4);. The zero-order valence-corrected chi connectivity index (χ0v) is 5.92. The van der Waals surface area contributed by atoms with Crippen LogP contribution in [0.25, 0.3) is 0 Å². The molecule has 0 aromatic carbocycles. The maximum absolute atomic E-state index is 8.88. The van der Waals surface area contributed by atoms with Crippen LogP contribution in [0.5, 0.6) is 0 Å². The topological polar surface area (TPSA) is 77.8 Å². The number of phosphoric acid groups is 1. The zero-order chi connectivity index (χ0) is 4.50. The van der Waals surface area contributed by atoms with Crippen LogP contribution in [-0.2, 0) is 38.4 Å². The van der Waals surface area contributed by atoms with Crippen molar-refractivity contribution in [1.29, 1.82) is 0 Å². The first-order chi connectivity index (χ1) is 2.00. The van der Waals surface area contributed by atoms with Gasteiger partial charge in [0.25, 0.3) is 0 Å². The van der Waals surface area contributed by atoms with E-state index in [-0.39, 0.29) is 63.4 Å². The van der Waals surface area contributed by atoms with Crippen LogP contribution in [0, 0.1) is 0 Å². The van der Waals surface area contributed by atoms with Gasteiger partial charge in [0.1, 0.15) is 0 Å². The van der Waals surface area contributed by atoms with Crippen molar-refractivity contribution < 1.29 is 53.1 Å². The molecule has 0 rings (SSSR count). The third kappa shape index (κ3) is 90.8. The maximum atomic E-state index is 8.88. The Kier molecular flexibility index (Phi) is 25.7. The number of hydrogen-bond acceptors (Lipinski definition) is 1. The first kappa shape index (κ1) is 22.5. The molecule has 4 nitrogen and oxygen atoms in total. The van der Waals surface area contributed by atoms with Crippen LogP contribution in [0.4, 0.5) is 0 Å². The van der Waals surface area contributed by atoms with Gasteiger partial charge in [0, 0.05) is 33.8 Å². The summed E-state index contributed by atoms with van der Waals surface area (Å²) < 4.78 is 8.88. The Morgan fingerprint density at radius 1 is 1.12 bits per heavy atom. The molecule has 0 atom stereocenters. The molecule has 0 aromatic rings. The van der Waals surface area contributed by atoms with Crippen molar-refractivity contribution in [3.05, 3.63) is 0 Å². The fourth-order valence-corrected chi connectivity index (χ4v) is 0. The summed E-state index contributed by atoms with van der Waals surface area (Å²) in [6.07, 6.45) is 0. The molecule has 0 amide bonds. The summed E-state index contributed by atoms with van der Waals surface area (Å²) in [6.45, 7) is 0. The van der Waals surface area contributed by atoms with Crippen LogP contribution in [0.2, 0.25) is 0 Å². The average Bonchev–Trinajstić information content (AvgIpc) is 0.722. The van der Waals surface area contributed by atoms with Gasteiger partial charge in [0.15, 0.2) is 0 Å². The Labute approximate surface area is 89.6 Å². The number of hydrogen-bond donors (Lipinski definition) is 3. The second-order valence-corrected chi connectivity index (χ2v) is 1.54. The summed E-state index contributed by atoms with van der Waals surface area (Å²) in [5.41, 5.74) is 0. The van der Waals surface area contributed by atoms with Crippen molar-refractivity contribution in [3.63, 3.8) is 0 Å². The van der Waals surface area contributed by atoms with E-state index in [4.69, 9.17) is 19.2 Å². The summed E-state index contributed by atoms with van der Waals surface area (Å²) >= 11 is 0. The molecule has 3 N–H and O–H groups in total. The molecule has 0 unspecified atom stereocenters. The van der Waals surface area contributed by atoms with Gasteiger partial charge in [-0.3, -0.25) is 0 Å². The Bertz CT molecular complexity index is 62.2. The summed E-state index contributed by atoms with van der Waals surface area (Å²) in [5.74, 6) is 0. The van der Waals surface area contributed by atoms with Crippen molar-refractivity contribution >= 4 is 37.4 Å². The molecule has 0 saturated carbocycles. The minimum absolute atomic E-state index is 0. The average molecular weight is 237 g/mol. The Morgan fingerprint density at radius 3 is 1.12 bits per heavy atom. The van der Waals surface area contributed by atoms with Crippen LogP contribution < -0.4 is 0 Å².